The van der Waals surface area contributed by atoms with Crippen LogP contribution in [0.25, 0.3) is 0 Å². The Bertz CT molecular complexity index is 1810. The first-order chi connectivity index (χ1) is 42.4. The van der Waals surface area contributed by atoms with Crippen molar-refractivity contribution in [3.8, 4) is 0 Å². The van der Waals surface area contributed by atoms with Gasteiger partial charge >= 0.3 is 5.97 Å². The molecule has 0 aromatic heterocycles. The van der Waals surface area contributed by atoms with E-state index in [9.17, 15) is 19.0 Å². The molecule has 0 aliphatic carbocycles. The van der Waals surface area contributed by atoms with Crippen molar-refractivity contribution in [2.24, 2.45) is 0 Å². The molecular weight excluding hydrogens is 1100 g/mol. The number of esters is 1. The minimum Gasteiger partial charge on any atom is -0.756 e. The third-order valence-corrected chi connectivity index (χ3v) is 17.0. The number of hydrogen-bond donors (Lipinski definition) is 1. The Hall–Kier alpha value is -3.07. The molecule has 0 saturated heterocycles. The number of phosphoric acid groups is 1. The number of phosphoric ester groups is 1. The van der Waals surface area contributed by atoms with Crippen LogP contribution >= 0.6 is 7.82 Å². The van der Waals surface area contributed by atoms with Gasteiger partial charge in [-0.2, -0.15) is 0 Å². The predicted molar refractivity (Wildman–Crippen MR) is 376 cm³/mol. The third-order valence-electron chi connectivity index (χ3n) is 16.0. The molecule has 0 aliphatic heterocycles. The van der Waals surface area contributed by atoms with Crippen LogP contribution in [-0.2, 0) is 27.9 Å². The molecule has 87 heavy (non-hydrogen) atoms. The van der Waals surface area contributed by atoms with Crippen LogP contribution in [0.15, 0.2) is 97.2 Å². The number of hydrogen-bond acceptors (Lipinski definition) is 7. The zero-order valence-electron chi connectivity index (χ0n) is 57.7. The highest BCUT2D eigenvalue weighted by molar-refractivity contribution is 7.45. The molecule has 0 saturated carbocycles. The lowest BCUT2D eigenvalue weighted by molar-refractivity contribution is -0.870. The second kappa shape index (κ2) is 65.9. The molecule has 0 aliphatic rings. The Kier molecular flexibility index (Phi) is 63.5. The van der Waals surface area contributed by atoms with E-state index in [1.165, 1.54) is 186 Å². The van der Waals surface area contributed by atoms with Crippen LogP contribution in [0.1, 0.15) is 329 Å². The van der Waals surface area contributed by atoms with Crippen LogP contribution in [0.3, 0.4) is 0 Å². The Labute approximate surface area is 538 Å². The Morgan fingerprint density at radius 3 is 1.13 bits per heavy atom. The number of rotatable bonds is 66. The van der Waals surface area contributed by atoms with Gasteiger partial charge in [-0.1, -0.05) is 305 Å². The van der Waals surface area contributed by atoms with Crippen molar-refractivity contribution in [1.82, 2.24) is 5.32 Å². The van der Waals surface area contributed by atoms with E-state index in [0.717, 1.165) is 109 Å². The van der Waals surface area contributed by atoms with Gasteiger partial charge in [0.2, 0.25) is 5.91 Å². The number of likely N-dealkylation sites (N-methyl/N-ethyl adjacent to an activating group) is 1. The minimum absolute atomic E-state index is 0.0260. The second-order valence-electron chi connectivity index (χ2n) is 25.7. The molecule has 3 atom stereocenters. The van der Waals surface area contributed by atoms with Crippen molar-refractivity contribution in [3.05, 3.63) is 97.2 Å². The van der Waals surface area contributed by atoms with Crippen LogP contribution in [0, 0.1) is 0 Å². The summed E-state index contributed by atoms with van der Waals surface area (Å²) in [5.74, 6) is -0.540. The van der Waals surface area contributed by atoms with E-state index in [-0.39, 0.29) is 24.9 Å². The van der Waals surface area contributed by atoms with Gasteiger partial charge in [0.05, 0.1) is 33.8 Å². The van der Waals surface area contributed by atoms with Crippen LogP contribution in [-0.4, -0.2) is 69.4 Å². The molecule has 504 valence electrons. The predicted octanol–water partition coefficient (Wildman–Crippen LogP) is 22.8. The van der Waals surface area contributed by atoms with Gasteiger partial charge in [0.25, 0.3) is 7.82 Å². The van der Waals surface area contributed by atoms with Crippen molar-refractivity contribution in [2.75, 3.05) is 40.9 Å². The van der Waals surface area contributed by atoms with E-state index >= 15 is 0 Å². The number of carbonyl (C=O) groups is 2. The van der Waals surface area contributed by atoms with Gasteiger partial charge in [0.15, 0.2) is 0 Å². The van der Waals surface area contributed by atoms with Crippen molar-refractivity contribution >= 4 is 19.7 Å². The summed E-state index contributed by atoms with van der Waals surface area (Å²) in [4.78, 5) is 40.3. The molecule has 1 N–H and O–H groups in total. The Morgan fingerprint density at radius 1 is 0.414 bits per heavy atom. The summed E-state index contributed by atoms with van der Waals surface area (Å²) in [6.07, 6.45) is 89.5. The van der Waals surface area contributed by atoms with Crippen molar-refractivity contribution in [1.29, 1.82) is 0 Å². The van der Waals surface area contributed by atoms with Crippen LogP contribution in [0.5, 0.6) is 0 Å². The lowest BCUT2D eigenvalue weighted by atomic mass is 10.0. The molecule has 1 amide bonds. The average Bonchev–Trinajstić information content (AvgIpc) is 3.69. The maximum Gasteiger partial charge on any atom is 0.306 e. The summed E-state index contributed by atoms with van der Waals surface area (Å²) < 4.78 is 30.5. The summed E-state index contributed by atoms with van der Waals surface area (Å²) in [5.41, 5.74) is 0. The summed E-state index contributed by atoms with van der Waals surface area (Å²) >= 11 is 0. The number of amides is 1. The number of ether oxygens (including phenoxy) is 1. The molecule has 0 bridgehead atoms. The quantitative estimate of drug-likeness (QED) is 0.0212. The highest BCUT2D eigenvalue weighted by Crippen LogP contribution is 2.38. The normalized spacial score (nSPS) is 14.1. The molecule has 9 nitrogen and oxygen atoms in total. The molecule has 0 fully saturated rings. The van der Waals surface area contributed by atoms with Crippen LogP contribution in [0.2, 0.25) is 0 Å². The van der Waals surface area contributed by atoms with E-state index < -0.39 is 26.6 Å². The summed E-state index contributed by atoms with van der Waals surface area (Å²) in [6.45, 7) is 6.73. The molecule has 3 unspecified atom stereocenters. The third kappa shape index (κ3) is 67.2. The number of allylic oxidation sites excluding steroid dienone is 15. The topological polar surface area (TPSA) is 114 Å². The van der Waals surface area contributed by atoms with Crippen molar-refractivity contribution in [2.45, 2.75) is 341 Å². The van der Waals surface area contributed by atoms with Crippen molar-refractivity contribution < 1.29 is 37.3 Å². The fourth-order valence-electron chi connectivity index (χ4n) is 10.4. The smallest absolute Gasteiger partial charge is 0.306 e. The lowest BCUT2D eigenvalue weighted by Gasteiger charge is -2.30. The molecular formula is C77H139N2O7P. The van der Waals surface area contributed by atoms with E-state index in [1.807, 2.05) is 33.3 Å². The average molecular weight is 1240 g/mol. The minimum atomic E-state index is -4.71. The van der Waals surface area contributed by atoms with E-state index in [1.54, 1.807) is 0 Å². The summed E-state index contributed by atoms with van der Waals surface area (Å²) in [5, 5.41) is 3.05. The van der Waals surface area contributed by atoms with E-state index in [4.69, 9.17) is 13.8 Å². The molecule has 0 radical (unpaired) electrons. The standard InChI is InChI=1S/C77H139N2O7P/c1-7-10-13-16-19-22-25-28-30-32-34-36-37-38-39-40-41-43-44-46-48-51-54-57-60-63-66-69-76(80)78-74(73-85-87(82,83)84-72-71-79(4,5)6)75(68-65-62-59-56-53-50-27-24-21-18-15-12-9-3)86-77(81)70-67-64-61-58-55-52-49-47-45-42-35-33-31-29-26-23-20-17-14-11-8-2/h10,13,19-20,22-23,28-31,34,36,38-39,65,68,74-75H,7-9,11-12,14-18,21,24-27,32-33,35,37,40-64,66-67,69-73H2,1-6H3,(H-,78,80,82,83)/b13-10-,22-19-,23-20-,30-28-,31-29-,36-34-,39-38-,68-65-. The fourth-order valence-corrected chi connectivity index (χ4v) is 11.1. The first-order valence-corrected chi connectivity index (χ1v) is 38.0. The molecule has 0 rings (SSSR count). The van der Waals surface area contributed by atoms with E-state index in [2.05, 4.69) is 111 Å². The number of carbonyl (C=O) groups excluding carboxylic acids is 2. The van der Waals surface area contributed by atoms with Gasteiger partial charge in [-0.05, 0) is 109 Å². The first-order valence-electron chi connectivity index (χ1n) is 36.5. The molecule has 0 aromatic rings. The number of unbranched alkanes of at least 4 members (excludes halogenated alkanes) is 36. The number of nitrogens with one attached hydrogen (secondary N) is 1. The highest BCUT2D eigenvalue weighted by atomic mass is 31.2. The van der Waals surface area contributed by atoms with Crippen molar-refractivity contribution in [3.63, 3.8) is 0 Å². The van der Waals surface area contributed by atoms with Gasteiger partial charge in [-0.25, -0.2) is 0 Å². The molecule has 0 spiro atoms. The maximum atomic E-state index is 13.6. The monoisotopic (exact) mass is 1240 g/mol. The second-order valence-corrected chi connectivity index (χ2v) is 27.1. The number of nitrogens with zero attached hydrogens (tertiary/aromatic N) is 1. The van der Waals surface area contributed by atoms with Crippen LogP contribution in [0.4, 0.5) is 0 Å². The lowest BCUT2D eigenvalue weighted by Crippen LogP contribution is -2.47. The highest BCUT2D eigenvalue weighted by Gasteiger charge is 2.27. The van der Waals surface area contributed by atoms with Gasteiger partial charge < -0.3 is 28.5 Å². The SMILES string of the molecule is CC/C=C\C/C=C\C/C=C\C/C=C\C/C=C\CCCCCCCCCCCCCC(=O)NC(COP(=O)([O-])OCC[N+](C)(C)C)C(/C=C\CCCCCCCCCCCCC)OC(=O)CCCCCCCCCCCCC/C=C\C/C=C\CCCCC. The number of quaternary nitrogens is 1. The van der Waals surface area contributed by atoms with E-state index in [0.29, 0.717) is 17.4 Å². The van der Waals surface area contributed by atoms with Gasteiger partial charge in [-0.3, -0.25) is 14.2 Å². The molecule has 0 heterocycles. The fraction of sp³-hybridized carbons (Fsp3) is 0.766. The Balaban J connectivity index is 5.07. The summed E-state index contributed by atoms with van der Waals surface area (Å²) in [6, 6.07) is -0.897. The molecule has 10 heteroatoms. The summed E-state index contributed by atoms with van der Waals surface area (Å²) in [7, 11) is 1.18. The molecule has 0 aromatic carbocycles. The van der Waals surface area contributed by atoms with Gasteiger partial charge in [-0.15, -0.1) is 0 Å². The first kappa shape index (κ1) is 83.9. The maximum absolute atomic E-state index is 13.6. The zero-order valence-corrected chi connectivity index (χ0v) is 58.6. The van der Waals surface area contributed by atoms with Gasteiger partial charge in [0, 0.05) is 12.8 Å². The Morgan fingerprint density at radius 2 is 0.736 bits per heavy atom. The zero-order chi connectivity index (χ0) is 63.5. The van der Waals surface area contributed by atoms with Crippen LogP contribution < -0.4 is 10.2 Å². The van der Waals surface area contributed by atoms with Gasteiger partial charge in [0.1, 0.15) is 19.3 Å². The largest absolute Gasteiger partial charge is 0.756 e.